The van der Waals surface area contributed by atoms with Gasteiger partial charge in [-0.15, -0.1) is 0 Å². The summed E-state index contributed by atoms with van der Waals surface area (Å²) in [5.74, 6) is -1.36. The van der Waals surface area contributed by atoms with Gasteiger partial charge in [-0.05, 0) is 12.7 Å². The number of halogens is 1. The fourth-order valence-electron chi connectivity index (χ4n) is 1.92. The summed E-state index contributed by atoms with van der Waals surface area (Å²) < 4.78 is 14.2. The standard InChI is InChI=1S/C8H15BFNO5/c10-8(2-1-3-9(15)16)5(12)4-11-6(8)7(13)14/h5-6,11-12,15-16H,1-4H2,(H,13,14)/t5-,6-,8-/m1/s1. The van der Waals surface area contributed by atoms with Crippen LogP contribution >= 0.6 is 0 Å². The van der Waals surface area contributed by atoms with E-state index < -0.39 is 30.9 Å². The molecule has 1 aliphatic rings. The van der Waals surface area contributed by atoms with E-state index in [4.69, 9.17) is 15.2 Å². The van der Waals surface area contributed by atoms with Gasteiger partial charge in [0.15, 0.2) is 5.67 Å². The number of β-amino-alcohol motifs (C(OH)–C–C–N with tert-alkyl or cyclic N) is 1. The predicted molar refractivity (Wildman–Crippen MR) is 53.5 cm³/mol. The maximum atomic E-state index is 14.2. The summed E-state index contributed by atoms with van der Waals surface area (Å²) in [6.45, 7) is -0.116. The van der Waals surface area contributed by atoms with Gasteiger partial charge in [-0.1, -0.05) is 6.42 Å². The van der Waals surface area contributed by atoms with E-state index in [1.54, 1.807) is 0 Å². The molecule has 0 bridgehead atoms. The maximum Gasteiger partial charge on any atom is 0.451 e. The molecular weight excluding hydrogens is 220 g/mol. The Balaban J connectivity index is 2.60. The zero-order valence-electron chi connectivity index (χ0n) is 8.64. The van der Waals surface area contributed by atoms with Crippen molar-refractivity contribution in [1.82, 2.24) is 5.32 Å². The number of hydrogen-bond donors (Lipinski definition) is 5. The Morgan fingerprint density at radius 2 is 2.19 bits per heavy atom. The quantitative estimate of drug-likeness (QED) is 0.366. The first kappa shape index (κ1) is 13.4. The zero-order chi connectivity index (χ0) is 12.3. The van der Waals surface area contributed by atoms with Gasteiger partial charge in [0.2, 0.25) is 0 Å². The van der Waals surface area contributed by atoms with Crippen molar-refractivity contribution in [2.24, 2.45) is 0 Å². The molecule has 3 atom stereocenters. The molecule has 1 aliphatic heterocycles. The number of carboxylic acids is 1. The molecule has 92 valence electrons. The molecule has 1 rings (SSSR count). The molecule has 0 aromatic rings. The number of carbonyl (C=O) groups is 1. The third-order valence-corrected chi connectivity index (χ3v) is 2.82. The largest absolute Gasteiger partial charge is 0.480 e. The van der Waals surface area contributed by atoms with Crippen LogP contribution in [-0.2, 0) is 4.79 Å². The number of nitrogens with one attached hydrogen (secondary N) is 1. The summed E-state index contributed by atoms with van der Waals surface area (Å²) in [5.41, 5.74) is -2.25. The number of aliphatic hydroxyl groups excluding tert-OH is 1. The van der Waals surface area contributed by atoms with Crippen molar-refractivity contribution in [1.29, 1.82) is 0 Å². The lowest BCUT2D eigenvalue weighted by Gasteiger charge is -2.26. The van der Waals surface area contributed by atoms with E-state index in [0.29, 0.717) is 0 Å². The lowest BCUT2D eigenvalue weighted by atomic mass is 9.79. The summed E-state index contributed by atoms with van der Waals surface area (Å²) in [5, 5.41) is 37.7. The molecule has 0 aliphatic carbocycles. The van der Waals surface area contributed by atoms with Crippen LogP contribution in [0.2, 0.25) is 6.32 Å². The molecule has 0 unspecified atom stereocenters. The van der Waals surface area contributed by atoms with Crippen LogP contribution in [0.15, 0.2) is 0 Å². The molecule has 16 heavy (non-hydrogen) atoms. The first-order chi connectivity index (χ1) is 7.38. The molecule has 0 spiro atoms. The normalized spacial score (nSPS) is 34.0. The van der Waals surface area contributed by atoms with E-state index in [-0.39, 0.29) is 25.7 Å². The monoisotopic (exact) mass is 235 g/mol. The molecule has 0 saturated carbocycles. The minimum absolute atomic E-state index is 0.0509. The number of rotatable bonds is 5. The van der Waals surface area contributed by atoms with Crippen LogP contribution < -0.4 is 5.32 Å². The molecule has 0 aromatic heterocycles. The highest BCUT2D eigenvalue weighted by atomic mass is 19.1. The predicted octanol–water partition coefficient (Wildman–Crippen LogP) is -1.64. The summed E-state index contributed by atoms with van der Waals surface area (Å²) in [6.07, 6.45) is -1.57. The smallest absolute Gasteiger partial charge is 0.451 e. The Morgan fingerprint density at radius 3 is 2.69 bits per heavy atom. The molecule has 6 nitrogen and oxygen atoms in total. The van der Waals surface area contributed by atoms with Gasteiger partial charge in [0, 0.05) is 6.54 Å². The number of hydrogen-bond acceptors (Lipinski definition) is 5. The second-order valence-corrected chi connectivity index (χ2v) is 3.99. The SMILES string of the molecule is O=C(O)[C@H]1NC[C@@H](O)[C@]1(F)CCCB(O)O. The van der Waals surface area contributed by atoms with Gasteiger partial charge in [0.1, 0.15) is 12.1 Å². The van der Waals surface area contributed by atoms with Gasteiger partial charge in [0.25, 0.3) is 0 Å². The fourth-order valence-corrected chi connectivity index (χ4v) is 1.92. The van der Waals surface area contributed by atoms with Crippen LogP contribution in [0, 0.1) is 0 Å². The lowest BCUT2D eigenvalue weighted by Crippen LogP contribution is -2.49. The van der Waals surface area contributed by atoms with E-state index in [0.717, 1.165) is 0 Å². The van der Waals surface area contributed by atoms with Crippen molar-refractivity contribution >= 4 is 13.1 Å². The van der Waals surface area contributed by atoms with Crippen LogP contribution in [0.1, 0.15) is 12.8 Å². The van der Waals surface area contributed by atoms with Crippen molar-refractivity contribution in [2.45, 2.75) is 37.0 Å². The van der Waals surface area contributed by atoms with E-state index in [1.807, 2.05) is 0 Å². The van der Waals surface area contributed by atoms with Crippen LogP contribution in [0.3, 0.4) is 0 Å². The minimum Gasteiger partial charge on any atom is -0.480 e. The van der Waals surface area contributed by atoms with Crippen molar-refractivity contribution in [3.63, 3.8) is 0 Å². The van der Waals surface area contributed by atoms with Crippen molar-refractivity contribution in [3.8, 4) is 0 Å². The maximum absolute atomic E-state index is 14.2. The first-order valence-corrected chi connectivity index (χ1v) is 5.07. The third-order valence-electron chi connectivity index (χ3n) is 2.82. The van der Waals surface area contributed by atoms with Crippen LogP contribution in [0.25, 0.3) is 0 Å². The van der Waals surface area contributed by atoms with Crippen molar-refractivity contribution in [3.05, 3.63) is 0 Å². The Hall–Kier alpha value is -0.695. The average molecular weight is 235 g/mol. The summed E-state index contributed by atoms with van der Waals surface area (Å²) in [7, 11) is -1.54. The van der Waals surface area contributed by atoms with Gasteiger partial charge in [-0.3, -0.25) is 10.1 Å². The van der Waals surface area contributed by atoms with Crippen molar-refractivity contribution in [2.75, 3.05) is 6.54 Å². The molecule has 0 aromatic carbocycles. The van der Waals surface area contributed by atoms with Crippen LogP contribution in [0.5, 0.6) is 0 Å². The molecule has 0 radical (unpaired) electrons. The first-order valence-electron chi connectivity index (χ1n) is 5.07. The van der Waals surface area contributed by atoms with Gasteiger partial charge in [-0.25, -0.2) is 4.39 Å². The number of aliphatic hydroxyl groups is 1. The Morgan fingerprint density at radius 1 is 1.56 bits per heavy atom. The molecular formula is C8H15BFNO5. The van der Waals surface area contributed by atoms with E-state index in [2.05, 4.69) is 5.32 Å². The highest BCUT2D eigenvalue weighted by Gasteiger charge is 2.53. The topological polar surface area (TPSA) is 110 Å². The highest BCUT2D eigenvalue weighted by molar-refractivity contribution is 6.40. The summed E-state index contributed by atoms with van der Waals surface area (Å²) >= 11 is 0. The lowest BCUT2D eigenvalue weighted by molar-refractivity contribution is -0.144. The number of alkyl halides is 1. The average Bonchev–Trinajstić information content (AvgIpc) is 2.43. The molecule has 1 heterocycles. The summed E-state index contributed by atoms with van der Waals surface area (Å²) in [4.78, 5) is 10.7. The third kappa shape index (κ3) is 2.70. The van der Waals surface area contributed by atoms with Gasteiger partial charge in [-0.2, -0.15) is 0 Å². The minimum atomic E-state index is -2.25. The molecule has 8 heteroatoms. The number of carboxylic acid groups (broad SMARTS) is 1. The van der Waals surface area contributed by atoms with Crippen molar-refractivity contribution < 1.29 is 29.4 Å². The van der Waals surface area contributed by atoms with E-state index >= 15 is 0 Å². The molecule has 5 N–H and O–H groups in total. The highest BCUT2D eigenvalue weighted by Crippen LogP contribution is 2.32. The second-order valence-electron chi connectivity index (χ2n) is 3.99. The van der Waals surface area contributed by atoms with Gasteiger partial charge >= 0.3 is 13.1 Å². The molecule has 1 fully saturated rings. The Labute approximate surface area is 92.2 Å². The van der Waals surface area contributed by atoms with E-state index in [9.17, 15) is 14.3 Å². The molecule has 0 amide bonds. The second kappa shape index (κ2) is 5.09. The molecule has 1 saturated heterocycles. The Bertz CT molecular complexity index is 267. The number of aliphatic carboxylic acids is 1. The fraction of sp³-hybridized carbons (Fsp3) is 0.875. The van der Waals surface area contributed by atoms with Crippen LogP contribution in [-0.4, -0.2) is 57.7 Å². The summed E-state index contributed by atoms with van der Waals surface area (Å²) in [6, 6.07) is -1.45. The van der Waals surface area contributed by atoms with Crippen LogP contribution in [0.4, 0.5) is 4.39 Å². The van der Waals surface area contributed by atoms with Gasteiger partial charge in [0.05, 0.1) is 0 Å². The van der Waals surface area contributed by atoms with E-state index in [1.165, 1.54) is 0 Å². The van der Waals surface area contributed by atoms with Gasteiger partial charge < -0.3 is 20.3 Å². The Kier molecular flexibility index (Phi) is 4.25. The zero-order valence-corrected chi connectivity index (χ0v) is 8.64.